The van der Waals surface area contributed by atoms with E-state index < -0.39 is 10.0 Å². The molecule has 0 N–H and O–H groups in total. The van der Waals surface area contributed by atoms with Crippen LogP contribution in [0.25, 0.3) is 11.0 Å². The van der Waals surface area contributed by atoms with E-state index in [-0.39, 0.29) is 10.6 Å². The highest BCUT2D eigenvalue weighted by Crippen LogP contribution is 2.31. The molecular formula is C15H14N2O4S. The first-order valence-corrected chi connectivity index (χ1v) is 7.91. The Morgan fingerprint density at radius 2 is 1.82 bits per heavy atom. The summed E-state index contributed by atoms with van der Waals surface area (Å²) in [5.41, 5.74) is 1.12. The van der Waals surface area contributed by atoms with Gasteiger partial charge in [0.1, 0.15) is 22.7 Å². The average molecular weight is 318 g/mol. The van der Waals surface area contributed by atoms with Gasteiger partial charge in [0.15, 0.2) is 0 Å². The number of hydrogen-bond acceptors (Lipinski definition) is 5. The molecule has 0 aliphatic heterocycles. The Morgan fingerprint density at radius 3 is 2.55 bits per heavy atom. The van der Waals surface area contributed by atoms with E-state index in [4.69, 9.17) is 9.47 Å². The summed E-state index contributed by atoms with van der Waals surface area (Å²) < 4.78 is 37.2. The molecule has 1 heterocycles. The van der Waals surface area contributed by atoms with Crippen LogP contribution in [0.5, 0.6) is 11.5 Å². The predicted molar refractivity (Wildman–Crippen MR) is 81.9 cm³/mol. The van der Waals surface area contributed by atoms with E-state index in [2.05, 4.69) is 4.98 Å². The summed E-state index contributed by atoms with van der Waals surface area (Å²) in [6.07, 6.45) is 1.30. The first kappa shape index (κ1) is 14.4. The fourth-order valence-electron chi connectivity index (χ4n) is 2.22. The van der Waals surface area contributed by atoms with Crippen LogP contribution in [-0.4, -0.2) is 31.6 Å². The van der Waals surface area contributed by atoms with Crippen LogP contribution in [0.15, 0.2) is 53.7 Å². The Labute approximate surface area is 128 Å². The lowest BCUT2D eigenvalue weighted by Crippen LogP contribution is -2.13. The van der Waals surface area contributed by atoms with Crippen LogP contribution >= 0.6 is 0 Å². The van der Waals surface area contributed by atoms with Gasteiger partial charge in [0.25, 0.3) is 10.0 Å². The highest BCUT2D eigenvalue weighted by atomic mass is 32.2. The summed E-state index contributed by atoms with van der Waals surface area (Å²) in [7, 11) is -0.894. The van der Waals surface area contributed by atoms with Crippen LogP contribution in [0.1, 0.15) is 0 Å². The van der Waals surface area contributed by atoms with Gasteiger partial charge in [-0.3, -0.25) is 0 Å². The van der Waals surface area contributed by atoms with E-state index in [1.807, 2.05) is 0 Å². The van der Waals surface area contributed by atoms with Crippen molar-refractivity contribution in [2.24, 2.45) is 0 Å². The van der Waals surface area contributed by atoms with Gasteiger partial charge in [0, 0.05) is 6.07 Å². The molecule has 0 bridgehead atoms. The number of methoxy groups -OCH3 is 2. The number of ether oxygens (including phenoxy) is 2. The molecule has 2 aromatic carbocycles. The van der Waals surface area contributed by atoms with E-state index in [0.717, 1.165) is 3.97 Å². The van der Waals surface area contributed by atoms with Gasteiger partial charge in [-0.25, -0.2) is 17.4 Å². The zero-order valence-corrected chi connectivity index (χ0v) is 12.9. The molecule has 0 radical (unpaired) electrons. The second-order valence-electron chi connectivity index (χ2n) is 4.55. The van der Waals surface area contributed by atoms with Crippen molar-refractivity contribution in [1.82, 2.24) is 8.96 Å². The lowest BCUT2D eigenvalue weighted by atomic mass is 10.3. The third-order valence-electron chi connectivity index (χ3n) is 3.33. The zero-order chi connectivity index (χ0) is 15.7. The maximum atomic E-state index is 12.9. The molecule has 0 fully saturated rings. The van der Waals surface area contributed by atoms with Crippen LogP contribution < -0.4 is 9.47 Å². The van der Waals surface area contributed by atoms with Gasteiger partial charge in [-0.15, -0.1) is 0 Å². The summed E-state index contributed by atoms with van der Waals surface area (Å²) in [4.78, 5) is 4.17. The Morgan fingerprint density at radius 1 is 1.05 bits per heavy atom. The van der Waals surface area contributed by atoms with Crippen molar-refractivity contribution in [1.29, 1.82) is 0 Å². The van der Waals surface area contributed by atoms with E-state index in [1.165, 1.54) is 32.7 Å². The molecule has 0 amide bonds. The number of imidazole rings is 1. The van der Waals surface area contributed by atoms with E-state index in [0.29, 0.717) is 16.8 Å². The standard InChI is InChI=1S/C15H14N2O4S/c1-20-11-7-8-15(14(9-11)21-2)22(18,19)17-10-16-12-5-3-4-6-13(12)17/h3-10H,1-2H3. The summed E-state index contributed by atoms with van der Waals surface area (Å²) in [6, 6.07) is 11.6. The molecule has 0 saturated carbocycles. The Hall–Kier alpha value is -2.54. The minimum absolute atomic E-state index is 0.0546. The third-order valence-corrected chi connectivity index (χ3v) is 5.03. The SMILES string of the molecule is COc1ccc(S(=O)(=O)n2cnc3ccccc32)c(OC)c1. The second kappa shape index (κ2) is 5.34. The van der Waals surface area contributed by atoms with E-state index >= 15 is 0 Å². The molecule has 0 aliphatic rings. The van der Waals surface area contributed by atoms with Gasteiger partial charge in [0.05, 0.1) is 25.3 Å². The van der Waals surface area contributed by atoms with Gasteiger partial charge < -0.3 is 9.47 Å². The Balaban J connectivity index is 2.22. The average Bonchev–Trinajstić information content (AvgIpc) is 2.99. The number of nitrogens with zero attached hydrogens (tertiary/aromatic N) is 2. The quantitative estimate of drug-likeness (QED) is 0.738. The normalized spacial score (nSPS) is 11.5. The topological polar surface area (TPSA) is 70.4 Å². The minimum Gasteiger partial charge on any atom is -0.497 e. The summed E-state index contributed by atoms with van der Waals surface area (Å²) in [5.74, 6) is 0.739. The first-order chi connectivity index (χ1) is 10.6. The number of fused-ring (bicyclic) bond motifs is 1. The fraction of sp³-hybridized carbons (Fsp3) is 0.133. The molecule has 22 heavy (non-hydrogen) atoms. The van der Waals surface area contributed by atoms with Crippen molar-refractivity contribution in [2.75, 3.05) is 14.2 Å². The highest BCUT2D eigenvalue weighted by molar-refractivity contribution is 7.90. The summed E-state index contributed by atoms with van der Waals surface area (Å²) in [5, 5.41) is 0. The molecule has 0 aliphatic carbocycles. The predicted octanol–water partition coefficient (Wildman–Crippen LogP) is 2.29. The lowest BCUT2D eigenvalue weighted by molar-refractivity contribution is 0.386. The molecule has 3 rings (SSSR count). The molecular weight excluding hydrogens is 304 g/mol. The molecule has 3 aromatic rings. The van der Waals surface area contributed by atoms with Gasteiger partial charge in [-0.2, -0.15) is 0 Å². The van der Waals surface area contributed by atoms with Gasteiger partial charge >= 0.3 is 0 Å². The number of benzene rings is 2. The maximum Gasteiger partial charge on any atom is 0.273 e. The van der Waals surface area contributed by atoms with Crippen LogP contribution in [0.2, 0.25) is 0 Å². The van der Waals surface area contributed by atoms with Gasteiger partial charge in [-0.05, 0) is 24.3 Å². The molecule has 7 heteroatoms. The number of aromatic nitrogens is 2. The molecule has 1 aromatic heterocycles. The number of para-hydroxylation sites is 2. The Kier molecular flexibility index (Phi) is 3.50. The smallest absolute Gasteiger partial charge is 0.273 e. The largest absolute Gasteiger partial charge is 0.497 e. The van der Waals surface area contributed by atoms with Crippen molar-refractivity contribution >= 4 is 21.1 Å². The van der Waals surface area contributed by atoms with Gasteiger partial charge in [0.2, 0.25) is 0 Å². The van der Waals surface area contributed by atoms with Gasteiger partial charge in [-0.1, -0.05) is 12.1 Å². The number of rotatable bonds is 4. The first-order valence-electron chi connectivity index (χ1n) is 6.47. The zero-order valence-electron chi connectivity index (χ0n) is 12.1. The second-order valence-corrected chi connectivity index (χ2v) is 6.33. The maximum absolute atomic E-state index is 12.9. The summed E-state index contributed by atoms with van der Waals surface area (Å²) >= 11 is 0. The van der Waals surface area contributed by atoms with Crippen molar-refractivity contribution in [3.8, 4) is 11.5 Å². The van der Waals surface area contributed by atoms with E-state index in [9.17, 15) is 8.42 Å². The molecule has 0 atom stereocenters. The van der Waals surface area contributed by atoms with Crippen LogP contribution in [0.4, 0.5) is 0 Å². The van der Waals surface area contributed by atoms with Crippen molar-refractivity contribution in [3.05, 3.63) is 48.8 Å². The van der Waals surface area contributed by atoms with Crippen LogP contribution in [0, 0.1) is 0 Å². The van der Waals surface area contributed by atoms with Crippen LogP contribution in [0.3, 0.4) is 0 Å². The molecule has 0 unspecified atom stereocenters. The molecule has 0 saturated heterocycles. The molecule has 6 nitrogen and oxygen atoms in total. The third kappa shape index (κ3) is 2.19. The fourth-order valence-corrected chi connectivity index (χ4v) is 3.66. The van der Waals surface area contributed by atoms with Crippen molar-refractivity contribution in [3.63, 3.8) is 0 Å². The van der Waals surface area contributed by atoms with E-state index in [1.54, 1.807) is 30.3 Å². The number of hydrogen-bond donors (Lipinski definition) is 0. The Bertz CT molecular complexity index is 932. The molecule has 0 spiro atoms. The monoisotopic (exact) mass is 318 g/mol. The summed E-state index contributed by atoms with van der Waals surface area (Å²) in [6.45, 7) is 0. The van der Waals surface area contributed by atoms with Crippen LogP contribution in [-0.2, 0) is 10.0 Å². The van der Waals surface area contributed by atoms with Crippen molar-refractivity contribution in [2.45, 2.75) is 4.90 Å². The molecule has 114 valence electrons. The highest BCUT2D eigenvalue weighted by Gasteiger charge is 2.24. The minimum atomic E-state index is -3.82. The lowest BCUT2D eigenvalue weighted by Gasteiger charge is -2.12. The van der Waals surface area contributed by atoms with Crippen molar-refractivity contribution < 1.29 is 17.9 Å².